The van der Waals surface area contributed by atoms with Crippen LogP contribution in [-0.4, -0.2) is 48.0 Å². The second kappa shape index (κ2) is 8.76. The number of ether oxygens (including phenoxy) is 1. The van der Waals surface area contributed by atoms with Gasteiger partial charge in [0.1, 0.15) is 11.9 Å². The van der Waals surface area contributed by atoms with Gasteiger partial charge in [-0.05, 0) is 54.4 Å². The smallest absolute Gasteiger partial charge is 0.266 e. The minimum absolute atomic E-state index is 0.00235. The predicted octanol–water partition coefficient (Wildman–Crippen LogP) is 3.79. The van der Waals surface area contributed by atoms with E-state index in [0.29, 0.717) is 11.3 Å². The Hall–Kier alpha value is -4.13. The Kier molecular flexibility index (Phi) is 5.51. The molecule has 2 unspecified atom stereocenters. The van der Waals surface area contributed by atoms with Crippen molar-refractivity contribution in [2.75, 3.05) is 25.6 Å². The number of rotatable bonds is 6. The topological polar surface area (TPSA) is 58.7 Å². The summed E-state index contributed by atoms with van der Waals surface area (Å²) in [5.74, 6) is 0.804. The zero-order valence-electron chi connectivity index (χ0n) is 21.4. The molecule has 0 bridgehead atoms. The molecule has 1 amide bonds. The number of hydrogen-bond donors (Lipinski definition) is 0. The molecule has 1 fully saturated rings. The quantitative estimate of drug-likeness (QED) is 0.302. The van der Waals surface area contributed by atoms with Crippen LogP contribution in [0.5, 0.6) is 5.75 Å². The number of aromatic nitrogens is 2. The molecular formula is C30H31N4O3+. The summed E-state index contributed by atoms with van der Waals surface area (Å²) in [5, 5.41) is 0. The molecule has 3 heterocycles. The zero-order valence-corrected chi connectivity index (χ0v) is 21.4. The van der Waals surface area contributed by atoms with Crippen LogP contribution in [0.25, 0.3) is 11.0 Å². The number of amides is 1. The number of likely N-dealkylation sites (tertiary alicyclic amines) is 1. The molecule has 0 aliphatic carbocycles. The second-order valence-corrected chi connectivity index (χ2v) is 10.3. The summed E-state index contributed by atoms with van der Waals surface area (Å²) in [6.45, 7) is 3.42. The van der Waals surface area contributed by atoms with Gasteiger partial charge in [0.25, 0.3) is 5.91 Å². The molecule has 4 aromatic rings. The highest BCUT2D eigenvalue weighted by atomic mass is 16.5. The Bertz CT molecular complexity index is 1510. The van der Waals surface area contributed by atoms with Crippen molar-refractivity contribution in [2.45, 2.75) is 38.0 Å². The fourth-order valence-electron chi connectivity index (χ4n) is 6.27. The lowest BCUT2D eigenvalue weighted by atomic mass is 9.81. The number of ketones is 1. The average Bonchev–Trinajstić information content (AvgIpc) is 3.53. The lowest BCUT2D eigenvalue weighted by molar-refractivity contribution is -0.657. The maximum atomic E-state index is 13.7. The van der Waals surface area contributed by atoms with Gasteiger partial charge in [0.15, 0.2) is 24.1 Å². The van der Waals surface area contributed by atoms with Crippen LogP contribution in [0, 0.1) is 0 Å². The number of carbonyl (C=O) groups is 2. The first-order chi connectivity index (χ1) is 17.9. The van der Waals surface area contributed by atoms with Gasteiger partial charge < -0.3 is 14.5 Å². The van der Waals surface area contributed by atoms with Crippen LogP contribution in [0.1, 0.15) is 29.3 Å². The molecule has 37 heavy (non-hydrogen) atoms. The van der Waals surface area contributed by atoms with E-state index in [9.17, 15) is 9.59 Å². The van der Waals surface area contributed by atoms with Crippen LogP contribution >= 0.6 is 0 Å². The van der Waals surface area contributed by atoms with Gasteiger partial charge in [-0.1, -0.05) is 37.3 Å². The lowest BCUT2D eigenvalue weighted by Crippen LogP contribution is -2.50. The van der Waals surface area contributed by atoms with Crippen LogP contribution in [0.3, 0.4) is 0 Å². The first-order valence-corrected chi connectivity index (χ1v) is 12.7. The van der Waals surface area contributed by atoms with Crippen molar-refractivity contribution in [1.29, 1.82) is 0 Å². The molecule has 0 spiro atoms. The Morgan fingerprint density at radius 1 is 1.03 bits per heavy atom. The van der Waals surface area contributed by atoms with Crippen molar-refractivity contribution in [3.05, 3.63) is 90.3 Å². The number of methoxy groups -OCH3 is 1. The summed E-state index contributed by atoms with van der Waals surface area (Å²) < 4.78 is 9.11. The molecule has 7 heteroatoms. The zero-order chi connectivity index (χ0) is 25.7. The van der Waals surface area contributed by atoms with Crippen LogP contribution in [0.15, 0.2) is 79.1 Å². The standard InChI is InChI=1S/C30H31N4O3/c1-30-16-17-34(29(30)31(2)24-9-5-4-8-23(24)30)28(36)19-33-20-32(25-10-6-7-11-26(25)33)18-27(35)21-12-14-22(37-3)15-13-21/h4-15,20,29H,16-19H2,1-3H3/q+1. The largest absolute Gasteiger partial charge is 0.497 e. The minimum atomic E-state index is -0.0789. The van der Waals surface area contributed by atoms with Crippen molar-refractivity contribution in [3.8, 4) is 5.75 Å². The number of para-hydroxylation sites is 3. The molecular weight excluding hydrogens is 464 g/mol. The monoisotopic (exact) mass is 495 g/mol. The summed E-state index contributed by atoms with van der Waals surface area (Å²) in [7, 11) is 3.69. The minimum Gasteiger partial charge on any atom is -0.497 e. The van der Waals surface area contributed by atoms with Crippen molar-refractivity contribution >= 4 is 28.4 Å². The highest BCUT2D eigenvalue weighted by Gasteiger charge is 2.54. The predicted molar refractivity (Wildman–Crippen MR) is 142 cm³/mol. The second-order valence-electron chi connectivity index (χ2n) is 10.3. The number of anilines is 1. The van der Waals surface area contributed by atoms with E-state index >= 15 is 0 Å². The van der Waals surface area contributed by atoms with Gasteiger partial charge in [0, 0.05) is 30.3 Å². The molecule has 1 saturated heterocycles. The average molecular weight is 496 g/mol. The Labute approximate surface area is 216 Å². The maximum Gasteiger partial charge on any atom is 0.266 e. The fourth-order valence-corrected chi connectivity index (χ4v) is 6.27. The molecule has 7 nitrogen and oxygen atoms in total. The molecule has 0 radical (unpaired) electrons. The van der Waals surface area contributed by atoms with Gasteiger partial charge in [0.2, 0.25) is 12.1 Å². The van der Waals surface area contributed by atoms with Gasteiger partial charge in [-0.15, -0.1) is 0 Å². The molecule has 1 aromatic heterocycles. The van der Waals surface area contributed by atoms with E-state index in [1.54, 1.807) is 31.4 Å². The Morgan fingerprint density at radius 3 is 2.54 bits per heavy atom. The van der Waals surface area contributed by atoms with Crippen LogP contribution in [0.4, 0.5) is 5.69 Å². The molecule has 2 aliphatic heterocycles. The van der Waals surface area contributed by atoms with Gasteiger partial charge >= 0.3 is 0 Å². The Balaban J connectivity index is 1.26. The SMILES string of the molecule is COc1ccc(C(=O)C[n+]2cn(CC(=O)N3CCC4(C)c5ccccc5N(C)C34)c3ccccc32)cc1. The first kappa shape index (κ1) is 23.3. The molecule has 188 valence electrons. The van der Waals surface area contributed by atoms with E-state index in [1.807, 2.05) is 44.6 Å². The van der Waals surface area contributed by atoms with Gasteiger partial charge in [-0.25, -0.2) is 9.13 Å². The fraction of sp³-hybridized carbons (Fsp3) is 0.300. The molecule has 2 atom stereocenters. The van der Waals surface area contributed by atoms with Crippen molar-refractivity contribution < 1.29 is 18.9 Å². The summed E-state index contributed by atoms with van der Waals surface area (Å²) in [6.07, 6.45) is 2.84. The summed E-state index contributed by atoms with van der Waals surface area (Å²) in [6, 6.07) is 23.6. The normalized spacial score (nSPS) is 20.2. The first-order valence-electron chi connectivity index (χ1n) is 12.7. The number of nitrogens with zero attached hydrogens (tertiary/aromatic N) is 4. The van der Waals surface area contributed by atoms with Crippen LogP contribution in [0.2, 0.25) is 0 Å². The number of benzene rings is 3. The third-order valence-electron chi connectivity index (χ3n) is 8.13. The number of imidazole rings is 1. The van der Waals surface area contributed by atoms with Crippen LogP contribution in [-0.2, 0) is 23.3 Å². The lowest BCUT2D eigenvalue weighted by Gasteiger charge is -2.34. The van der Waals surface area contributed by atoms with Crippen LogP contribution < -0.4 is 14.2 Å². The number of hydrogen-bond acceptors (Lipinski definition) is 4. The van der Waals surface area contributed by atoms with Crippen molar-refractivity contribution in [2.24, 2.45) is 0 Å². The van der Waals surface area contributed by atoms with Crippen molar-refractivity contribution in [3.63, 3.8) is 0 Å². The number of likely N-dealkylation sites (N-methyl/N-ethyl adjacent to an activating group) is 1. The van der Waals surface area contributed by atoms with E-state index in [4.69, 9.17) is 4.74 Å². The van der Waals surface area contributed by atoms with Gasteiger partial charge in [-0.3, -0.25) is 9.59 Å². The van der Waals surface area contributed by atoms with Crippen molar-refractivity contribution in [1.82, 2.24) is 9.47 Å². The number of fused-ring (bicyclic) bond motifs is 4. The summed E-state index contributed by atoms with van der Waals surface area (Å²) in [5.41, 5.74) is 4.93. The van der Waals surface area contributed by atoms with E-state index in [-0.39, 0.29) is 36.4 Å². The van der Waals surface area contributed by atoms with E-state index in [0.717, 1.165) is 24.0 Å². The van der Waals surface area contributed by atoms with Gasteiger partial charge in [0.05, 0.1) is 7.11 Å². The number of Topliss-reactive ketones (excluding diaryl/α,β-unsaturated/α-hetero) is 1. The highest BCUT2D eigenvalue weighted by Crippen LogP contribution is 2.51. The third kappa shape index (κ3) is 3.68. The molecule has 3 aromatic carbocycles. The van der Waals surface area contributed by atoms with E-state index < -0.39 is 0 Å². The molecule has 2 aliphatic rings. The summed E-state index contributed by atoms with van der Waals surface area (Å²) >= 11 is 0. The van der Waals surface area contributed by atoms with Gasteiger partial charge in [-0.2, -0.15) is 0 Å². The van der Waals surface area contributed by atoms with E-state index in [1.165, 1.54) is 11.3 Å². The highest BCUT2D eigenvalue weighted by molar-refractivity contribution is 5.95. The third-order valence-corrected chi connectivity index (χ3v) is 8.13. The molecule has 0 N–H and O–H groups in total. The maximum absolute atomic E-state index is 13.7. The Morgan fingerprint density at radius 2 is 1.76 bits per heavy atom. The van der Waals surface area contributed by atoms with E-state index in [2.05, 4.69) is 43.1 Å². The number of carbonyl (C=O) groups excluding carboxylic acids is 2. The molecule has 0 saturated carbocycles. The summed E-state index contributed by atoms with van der Waals surface area (Å²) in [4.78, 5) is 31.1. The molecule has 6 rings (SSSR count).